The number of aromatic nitrogens is 1. The number of ether oxygens (including phenoxy) is 1. The summed E-state index contributed by atoms with van der Waals surface area (Å²) in [6.07, 6.45) is 0.673. The van der Waals surface area contributed by atoms with E-state index in [-0.39, 0.29) is 64.6 Å². The second-order valence-corrected chi connectivity index (χ2v) is 3.72. The molecule has 0 spiro atoms. The molecule has 0 bridgehead atoms. The Morgan fingerprint density at radius 2 is 2.21 bits per heavy atom. The molecule has 3 atom stereocenters. The number of rotatable bonds is 2. The third kappa shape index (κ3) is 6.39. The predicted molar refractivity (Wildman–Crippen MR) is 68.7 cm³/mol. The third-order valence-corrected chi connectivity index (χ3v) is 2.38. The van der Waals surface area contributed by atoms with E-state index in [2.05, 4.69) is 4.98 Å². The maximum atomic E-state index is 10.4. The van der Waals surface area contributed by atoms with Crippen LogP contribution in [0.3, 0.4) is 0 Å². The van der Waals surface area contributed by atoms with Gasteiger partial charge in [-0.15, -0.1) is 0 Å². The SMILES string of the molecule is NC(=O)c1cccnc1.OC[C@H]1OC[C@H](O)[C@@H]1O.[KH]. The summed E-state index contributed by atoms with van der Waals surface area (Å²) >= 11 is 0. The molecule has 2 heterocycles. The number of carbonyl (C=O) groups is 1. The number of amides is 1. The molecule has 0 unspecified atom stereocenters. The summed E-state index contributed by atoms with van der Waals surface area (Å²) in [5.74, 6) is -0.442. The van der Waals surface area contributed by atoms with Crippen molar-refractivity contribution in [2.45, 2.75) is 18.3 Å². The standard InChI is InChI=1S/C6H6N2O.C5H10O4.K.H/c7-6(9)5-2-1-3-8-4-5;6-1-4-5(8)3(7)2-9-4;;/h1-4H,(H2,7,9);3-8H,1-2H2;;/t;3-,4+,5-;;/m.0../s1. The Bertz CT molecular complexity index is 379. The number of hydrogen-bond donors (Lipinski definition) is 4. The first-order chi connectivity index (χ1) is 8.56. The number of carbonyl (C=O) groups excluding carboxylic acids is 1. The third-order valence-electron chi connectivity index (χ3n) is 2.38. The van der Waals surface area contributed by atoms with Gasteiger partial charge in [-0.2, -0.15) is 0 Å². The van der Waals surface area contributed by atoms with Crippen molar-refractivity contribution in [3.63, 3.8) is 0 Å². The van der Waals surface area contributed by atoms with Crippen molar-refractivity contribution in [3.8, 4) is 0 Å². The molecular weight excluding hydrogens is 279 g/mol. The first-order valence-electron chi connectivity index (χ1n) is 5.34. The van der Waals surface area contributed by atoms with Crippen molar-refractivity contribution in [1.82, 2.24) is 4.98 Å². The van der Waals surface area contributed by atoms with E-state index >= 15 is 0 Å². The Kier molecular flexibility index (Phi) is 9.97. The van der Waals surface area contributed by atoms with E-state index < -0.39 is 24.2 Å². The van der Waals surface area contributed by atoms with Gasteiger partial charge in [0.25, 0.3) is 0 Å². The van der Waals surface area contributed by atoms with Gasteiger partial charge in [-0.1, -0.05) is 0 Å². The van der Waals surface area contributed by atoms with Gasteiger partial charge >= 0.3 is 51.4 Å². The molecule has 1 aliphatic rings. The normalized spacial score (nSPS) is 24.9. The molecule has 102 valence electrons. The predicted octanol–water partition coefficient (Wildman–Crippen LogP) is -2.37. The number of primary amides is 1. The van der Waals surface area contributed by atoms with Crippen LogP contribution in [0.5, 0.6) is 0 Å². The van der Waals surface area contributed by atoms with Crippen LogP contribution < -0.4 is 5.73 Å². The number of aliphatic hydroxyl groups is 3. The van der Waals surface area contributed by atoms with Crippen LogP contribution in [-0.2, 0) is 4.74 Å². The van der Waals surface area contributed by atoms with Crippen LogP contribution in [0, 0.1) is 0 Å². The monoisotopic (exact) mass is 296 g/mol. The zero-order valence-corrected chi connectivity index (χ0v) is 9.64. The Balaban J connectivity index is 0.000000324. The molecule has 0 radical (unpaired) electrons. The quantitative estimate of drug-likeness (QED) is 0.452. The number of nitrogens with two attached hydrogens (primary N) is 1. The maximum absolute atomic E-state index is 10.4. The summed E-state index contributed by atoms with van der Waals surface area (Å²) < 4.78 is 4.78. The average molecular weight is 296 g/mol. The van der Waals surface area contributed by atoms with Crippen LogP contribution in [0.1, 0.15) is 10.4 Å². The van der Waals surface area contributed by atoms with E-state index in [0.717, 1.165) is 0 Å². The van der Waals surface area contributed by atoms with Gasteiger partial charge in [-0.3, -0.25) is 9.78 Å². The molecule has 7 nitrogen and oxygen atoms in total. The second-order valence-electron chi connectivity index (χ2n) is 3.72. The fourth-order valence-corrected chi connectivity index (χ4v) is 1.34. The fourth-order valence-electron chi connectivity index (χ4n) is 1.34. The van der Waals surface area contributed by atoms with Crippen LogP contribution >= 0.6 is 0 Å². The molecule has 5 N–H and O–H groups in total. The molecule has 2 rings (SSSR count). The summed E-state index contributed by atoms with van der Waals surface area (Å²) in [5.41, 5.74) is 5.38. The van der Waals surface area contributed by atoms with Crippen molar-refractivity contribution in [2.75, 3.05) is 13.2 Å². The molecule has 0 aliphatic carbocycles. The molecule has 1 aromatic heterocycles. The zero-order valence-electron chi connectivity index (χ0n) is 9.64. The van der Waals surface area contributed by atoms with Gasteiger partial charge in [-0.05, 0) is 12.1 Å². The molecular formula is C11H17KN2O5. The van der Waals surface area contributed by atoms with Crippen LogP contribution in [0.15, 0.2) is 24.5 Å². The van der Waals surface area contributed by atoms with E-state index in [1.807, 2.05) is 0 Å². The Morgan fingerprint density at radius 1 is 1.53 bits per heavy atom. The van der Waals surface area contributed by atoms with E-state index in [4.69, 9.17) is 25.8 Å². The molecule has 0 saturated carbocycles. The minimum absolute atomic E-state index is 0. The summed E-state index contributed by atoms with van der Waals surface area (Å²) in [7, 11) is 0. The summed E-state index contributed by atoms with van der Waals surface area (Å²) in [6, 6.07) is 3.29. The van der Waals surface area contributed by atoms with Gasteiger partial charge in [-0.25, -0.2) is 0 Å². The zero-order chi connectivity index (χ0) is 13.5. The molecule has 1 aliphatic heterocycles. The van der Waals surface area contributed by atoms with Gasteiger partial charge in [0.15, 0.2) is 0 Å². The number of nitrogens with zero attached hydrogens (tertiary/aromatic N) is 1. The van der Waals surface area contributed by atoms with E-state index in [1.54, 1.807) is 18.3 Å². The molecule has 0 aromatic carbocycles. The van der Waals surface area contributed by atoms with E-state index in [9.17, 15) is 4.79 Å². The van der Waals surface area contributed by atoms with Crippen molar-refractivity contribution >= 4 is 57.3 Å². The Morgan fingerprint density at radius 3 is 2.47 bits per heavy atom. The van der Waals surface area contributed by atoms with E-state index in [0.29, 0.717) is 5.56 Å². The first-order valence-corrected chi connectivity index (χ1v) is 5.34. The van der Waals surface area contributed by atoms with Crippen LogP contribution in [0.4, 0.5) is 0 Å². The first kappa shape index (κ1) is 19.1. The molecule has 1 saturated heterocycles. The Labute approximate surface area is 153 Å². The second kappa shape index (κ2) is 9.92. The van der Waals surface area contributed by atoms with Crippen molar-refractivity contribution in [1.29, 1.82) is 0 Å². The summed E-state index contributed by atoms with van der Waals surface area (Å²) in [6.45, 7) is -0.120. The Hall–Kier alpha value is 0.0964. The number of hydrogen-bond acceptors (Lipinski definition) is 6. The average Bonchev–Trinajstić information content (AvgIpc) is 2.71. The molecule has 8 heteroatoms. The topological polar surface area (TPSA) is 126 Å². The van der Waals surface area contributed by atoms with Crippen LogP contribution in [-0.4, -0.2) is 109 Å². The fraction of sp³-hybridized carbons (Fsp3) is 0.455. The van der Waals surface area contributed by atoms with Crippen molar-refractivity contribution in [3.05, 3.63) is 30.1 Å². The molecule has 1 fully saturated rings. The van der Waals surface area contributed by atoms with Crippen LogP contribution in [0.2, 0.25) is 0 Å². The molecule has 1 amide bonds. The van der Waals surface area contributed by atoms with Gasteiger partial charge in [0.05, 0.1) is 18.8 Å². The van der Waals surface area contributed by atoms with Gasteiger partial charge in [0, 0.05) is 12.4 Å². The number of pyridine rings is 1. The molecule has 19 heavy (non-hydrogen) atoms. The van der Waals surface area contributed by atoms with Gasteiger partial charge < -0.3 is 25.8 Å². The minimum atomic E-state index is -0.921. The van der Waals surface area contributed by atoms with Gasteiger partial charge in [0.2, 0.25) is 5.91 Å². The van der Waals surface area contributed by atoms with Crippen LogP contribution in [0.25, 0.3) is 0 Å². The van der Waals surface area contributed by atoms with Crippen molar-refractivity contribution in [2.24, 2.45) is 5.73 Å². The molecule has 1 aromatic rings. The van der Waals surface area contributed by atoms with Gasteiger partial charge in [0.1, 0.15) is 18.3 Å². The van der Waals surface area contributed by atoms with E-state index in [1.165, 1.54) is 6.20 Å². The number of aliphatic hydroxyl groups excluding tert-OH is 3. The van der Waals surface area contributed by atoms with Crippen molar-refractivity contribution < 1.29 is 24.9 Å². The summed E-state index contributed by atoms with van der Waals surface area (Å²) in [4.78, 5) is 14.1. The summed E-state index contributed by atoms with van der Waals surface area (Å²) in [5, 5.41) is 26.2.